The van der Waals surface area contributed by atoms with Crippen LogP contribution < -0.4 is 5.32 Å². The number of aryl methyl sites for hydroxylation is 1. The largest absolute Gasteiger partial charge is 0.325 e. The Hall–Kier alpha value is -3.12. The number of carbonyl (C=O) groups is 1. The molecule has 5 nitrogen and oxygen atoms in total. The predicted molar refractivity (Wildman–Crippen MR) is 119 cm³/mol. The highest BCUT2D eigenvalue weighted by Crippen LogP contribution is 2.25. The summed E-state index contributed by atoms with van der Waals surface area (Å²) in [5, 5.41) is 14.6. The van der Waals surface area contributed by atoms with Crippen LogP contribution in [0.4, 0.5) is 5.69 Å². The molecule has 0 bridgehead atoms. The molecule has 4 rings (SSSR count). The molecule has 0 atom stereocenters. The number of anilines is 1. The van der Waals surface area contributed by atoms with Gasteiger partial charge < -0.3 is 9.88 Å². The summed E-state index contributed by atoms with van der Waals surface area (Å²) < 4.78 is 2.04. The molecule has 1 amide bonds. The molecule has 4 aromatic rings. The van der Waals surface area contributed by atoms with Crippen molar-refractivity contribution >= 4 is 34.1 Å². The van der Waals surface area contributed by atoms with E-state index in [4.69, 9.17) is 0 Å². The molecule has 0 saturated carbocycles. The minimum atomic E-state index is -0.0622. The van der Waals surface area contributed by atoms with E-state index in [1.165, 1.54) is 17.3 Å². The second-order valence-corrected chi connectivity index (χ2v) is 7.76. The topological polar surface area (TPSA) is 59.8 Å². The quantitative estimate of drug-likeness (QED) is 0.453. The van der Waals surface area contributed by atoms with Crippen LogP contribution in [-0.4, -0.2) is 26.4 Å². The van der Waals surface area contributed by atoms with Crippen molar-refractivity contribution in [1.29, 1.82) is 0 Å². The van der Waals surface area contributed by atoms with Crippen LogP contribution in [0.3, 0.4) is 0 Å². The lowest BCUT2D eigenvalue weighted by Crippen LogP contribution is -2.14. The van der Waals surface area contributed by atoms with Crippen molar-refractivity contribution in [3.05, 3.63) is 72.3 Å². The van der Waals surface area contributed by atoms with Crippen molar-refractivity contribution in [2.24, 2.45) is 0 Å². The Morgan fingerprint density at radius 3 is 2.52 bits per heavy atom. The van der Waals surface area contributed by atoms with E-state index in [2.05, 4.69) is 47.6 Å². The summed E-state index contributed by atoms with van der Waals surface area (Å²) in [6, 6.07) is 22.2. The number of amides is 1. The molecule has 0 aliphatic rings. The van der Waals surface area contributed by atoms with E-state index in [0.717, 1.165) is 39.5 Å². The smallest absolute Gasteiger partial charge is 0.234 e. The zero-order valence-electron chi connectivity index (χ0n) is 16.4. The van der Waals surface area contributed by atoms with Crippen LogP contribution in [-0.2, 0) is 11.3 Å². The Morgan fingerprint density at radius 1 is 1.00 bits per heavy atom. The lowest BCUT2D eigenvalue weighted by atomic mass is 10.1. The number of fused-ring (bicyclic) bond motifs is 1. The highest BCUT2D eigenvalue weighted by molar-refractivity contribution is 7.99. The third-order valence-electron chi connectivity index (χ3n) is 4.71. The number of thioether (sulfide) groups is 1. The summed E-state index contributed by atoms with van der Waals surface area (Å²) in [6.07, 6.45) is 0. The fourth-order valence-corrected chi connectivity index (χ4v) is 3.99. The minimum absolute atomic E-state index is 0.0622. The Balaban J connectivity index is 1.44. The van der Waals surface area contributed by atoms with Crippen molar-refractivity contribution in [1.82, 2.24) is 14.8 Å². The molecule has 0 aliphatic carbocycles. The zero-order chi connectivity index (χ0) is 20.2. The van der Waals surface area contributed by atoms with Gasteiger partial charge in [0.15, 0.2) is 11.0 Å². The van der Waals surface area contributed by atoms with E-state index in [9.17, 15) is 4.79 Å². The number of hydrogen-bond acceptors (Lipinski definition) is 4. The van der Waals surface area contributed by atoms with Gasteiger partial charge in [-0.25, -0.2) is 0 Å². The number of nitrogens with zero attached hydrogens (tertiary/aromatic N) is 3. The monoisotopic (exact) mass is 402 g/mol. The highest BCUT2D eigenvalue weighted by atomic mass is 32.2. The van der Waals surface area contributed by atoms with Crippen molar-refractivity contribution in [3.63, 3.8) is 0 Å². The van der Waals surface area contributed by atoms with E-state index in [-0.39, 0.29) is 11.7 Å². The summed E-state index contributed by atoms with van der Waals surface area (Å²) >= 11 is 1.40. The van der Waals surface area contributed by atoms with Gasteiger partial charge >= 0.3 is 0 Å². The predicted octanol–water partition coefficient (Wildman–Crippen LogP) is 5.16. The van der Waals surface area contributed by atoms with Crippen LogP contribution in [0.2, 0.25) is 0 Å². The molecule has 0 saturated heterocycles. The molecule has 3 aromatic carbocycles. The van der Waals surface area contributed by atoms with Gasteiger partial charge in [-0.15, -0.1) is 10.2 Å². The van der Waals surface area contributed by atoms with Gasteiger partial charge in [0.2, 0.25) is 5.91 Å². The Bertz CT molecular complexity index is 1150. The molecule has 1 N–H and O–H groups in total. The second-order valence-electron chi connectivity index (χ2n) is 6.82. The van der Waals surface area contributed by atoms with E-state index < -0.39 is 0 Å². The summed E-state index contributed by atoms with van der Waals surface area (Å²) in [5.41, 5.74) is 3.03. The molecule has 1 aromatic heterocycles. The van der Waals surface area contributed by atoms with Gasteiger partial charge in [-0.1, -0.05) is 71.9 Å². The number of rotatable bonds is 6. The zero-order valence-corrected chi connectivity index (χ0v) is 17.2. The van der Waals surface area contributed by atoms with Gasteiger partial charge in [0.25, 0.3) is 0 Å². The Labute approximate surface area is 174 Å². The van der Waals surface area contributed by atoms with Crippen molar-refractivity contribution in [2.75, 3.05) is 11.1 Å². The number of carbonyl (C=O) groups excluding carboxylic acids is 1. The molecule has 6 heteroatoms. The second kappa shape index (κ2) is 8.49. The molecule has 0 fully saturated rings. The van der Waals surface area contributed by atoms with Crippen LogP contribution in [0.5, 0.6) is 0 Å². The fraction of sp³-hybridized carbons (Fsp3) is 0.174. The SMILES string of the molecule is CCn1c(SCC(=O)Nc2ccc3ccccc3c2)nnc1-c1ccc(C)cc1. The van der Waals surface area contributed by atoms with Gasteiger partial charge in [0.05, 0.1) is 5.75 Å². The van der Waals surface area contributed by atoms with Gasteiger partial charge in [-0.2, -0.15) is 0 Å². The van der Waals surface area contributed by atoms with Crippen LogP contribution in [0.15, 0.2) is 71.9 Å². The first-order valence-corrected chi connectivity index (χ1v) is 10.5. The number of nitrogens with one attached hydrogen (secondary N) is 1. The molecule has 0 spiro atoms. The first-order chi connectivity index (χ1) is 14.1. The maximum absolute atomic E-state index is 12.4. The standard InChI is InChI=1S/C23H22N4OS/c1-3-27-22(18-10-8-16(2)9-11-18)25-26-23(27)29-15-21(28)24-20-13-12-17-6-4-5-7-19(17)14-20/h4-14H,3,15H2,1-2H3,(H,24,28). The lowest BCUT2D eigenvalue weighted by Gasteiger charge is -2.08. The summed E-state index contributed by atoms with van der Waals surface area (Å²) in [6.45, 7) is 4.86. The summed E-state index contributed by atoms with van der Waals surface area (Å²) in [4.78, 5) is 12.4. The van der Waals surface area contributed by atoms with Gasteiger partial charge in [0.1, 0.15) is 0 Å². The molecule has 0 unspecified atom stereocenters. The Morgan fingerprint density at radius 2 is 1.76 bits per heavy atom. The molecule has 0 radical (unpaired) electrons. The highest BCUT2D eigenvalue weighted by Gasteiger charge is 2.14. The fourth-order valence-electron chi connectivity index (χ4n) is 3.19. The maximum atomic E-state index is 12.4. The van der Waals surface area contributed by atoms with Crippen LogP contribution >= 0.6 is 11.8 Å². The Kier molecular flexibility index (Phi) is 5.62. The van der Waals surface area contributed by atoms with Crippen molar-refractivity contribution in [3.8, 4) is 11.4 Å². The summed E-state index contributed by atoms with van der Waals surface area (Å²) in [5.74, 6) is 1.04. The number of aromatic nitrogens is 3. The normalized spacial score (nSPS) is 11.0. The van der Waals surface area contributed by atoms with Crippen LogP contribution in [0.1, 0.15) is 12.5 Å². The van der Waals surface area contributed by atoms with Gasteiger partial charge in [-0.3, -0.25) is 4.79 Å². The van der Waals surface area contributed by atoms with Crippen molar-refractivity contribution < 1.29 is 4.79 Å². The summed E-state index contributed by atoms with van der Waals surface area (Å²) in [7, 11) is 0. The van der Waals surface area contributed by atoms with E-state index in [1.54, 1.807) is 0 Å². The van der Waals surface area contributed by atoms with E-state index in [0.29, 0.717) is 0 Å². The first-order valence-electron chi connectivity index (χ1n) is 9.55. The molecule has 29 heavy (non-hydrogen) atoms. The lowest BCUT2D eigenvalue weighted by molar-refractivity contribution is -0.113. The van der Waals surface area contributed by atoms with Gasteiger partial charge in [-0.05, 0) is 36.8 Å². The number of benzene rings is 3. The molecule has 146 valence electrons. The van der Waals surface area contributed by atoms with E-state index in [1.807, 2.05) is 53.1 Å². The molecular weight excluding hydrogens is 380 g/mol. The maximum Gasteiger partial charge on any atom is 0.234 e. The van der Waals surface area contributed by atoms with E-state index >= 15 is 0 Å². The first kappa shape index (κ1) is 19.2. The molecule has 0 aliphatic heterocycles. The molecule has 1 heterocycles. The van der Waals surface area contributed by atoms with Crippen molar-refractivity contribution in [2.45, 2.75) is 25.5 Å². The molecular formula is C23H22N4OS. The number of hydrogen-bond donors (Lipinski definition) is 1. The van der Waals surface area contributed by atoms with Crippen LogP contribution in [0, 0.1) is 6.92 Å². The minimum Gasteiger partial charge on any atom is -0.325 e. The third-order valence-corrected chi connectivity index (χ3v) is 5.68. The third kappa shape index (κ3) is 4.32. The van der Waals surface area contributed by atoms with Gasteiger partial charge in [0, 0.05) is 17.8 Å². The average molecular weight is 403 g/mol. The van der Waals surface area contributed by atoms with Crippen LogP contribution in [0.25, 0.3) is 22.2 Å². The average Bonchev–Trinajstić information content (AvgIpc) is 3.15.